The third kappa shape index (κ3) is 4.51. The van der Waals surface area contributed by atoms with E-state index >= 15 is 0 Å². The van der Waals surface area contributed by atoms with E-state index in [1.807, 2.05) is 13.8 Å². The SMILES string of the molecule is CCOCCSc1nc(C)c(CC(=O)O)s1. The maximum atomic E-state index is 10.6. The third-order valence-corrected chi connectivity index (χ3v) is 4.11. The molecular formula is C10H15NO3S2. The average molecular weight is 261 g/mol. The van der Waals surface area contributed by atoms with Gasteiger partial charge in [0.2, 0.25) is 0 Å². The van der Waals surface area contributed by atoms with Crippen LogP contribution < -0.4 is 0 Å². The van der Waals surface area contributed by atoms with Crippen LogP contribution >= 0.6 is 23.1 Å². The van der Waals surface area contributed by atoms with Crippen LogP contribution in [-0.4, -0.2) is 35.0 Å². The van der Waals surface area contributed by atoms with Gasteiger partial charge in [-0.05, 0) is 13.8 Å². The van der Waals surface area contributed by atoms with E-state index in [0.29, 0.717) is 6.61 Å². The van der Waals surface area contributed by atoms with E-state index in [9.17, 15) is 4.79 Å². The van der Waals surface area contributed by atoms with Crippen LogP contribution in [0.4, 0.5) is 0 Å². The lowest BCUT2D eigenvalue weighted by Crippen LogP contribution is -1.99. The Morgan fingerprint density at radius 1 is 1.62 bits per heavy atom. The molecule has 90 valence electrons. The Labute approximate surface area is 103 Å². The molecule has 1 rings (SSSR count). The number of aliphatic carboxylic acids is 1. The van der Waals surface area contributed by atoms with Crippen LogP contribution in [0.2, 0.25) is 0 Å². The standard InChI is InChI=1S/C10H15NO3S2/c1-3-14-4-5-15-10-11-7(2)8(16-10)6-9(12)13/h3-6H2,1-2H3,(H,12,13). The lowest BCUT2D eigenvalue weighted by Gasteiger charge is -1.97. The number of carboxylic acids is 1. The quantitative estimate of drug-likeness (QED) is 0.602. The molecule has 4 nitrogen and oxygen atoms in total. The summed E-state index contributed by atoms with van der Waals surface area (Å²) in [5.41, 5.74) is 0.825. The van der Waals surface area contributed by atoms with Gasteiger partial charge in [0.1, 0.15) is 4.34 Å². The minimum atomic E-state index is -0.808. The number of thiazole rings is 1. The van der Waals surface area contributed by atoms with E-state index in [0.717, 1.165) is 27.3 Å². The lowest BCUT2D eigenvalue weighted by atomic mass is 10.3. The maximum Gasteiger partial charge on any atom is 0.308 e. The number of hydrogen-bond donors (Lipinski definition) is 1. The second-order valence-corrected chi connectivity index (χ2v) is 5.53. The molecule has 1 heterocycles. The van der Waals surface area contributed by atoms with Gasteiger partial charge in [0.05, 0.1) is 18.7 Å². The Morgan fingerprint density at radius 3 is 3.00 bits per heavy atom. The summed E-state index contributed by atoms with van der Waals surface area (Å²) >= 11 is 3.07. The Morgan fingerprint density at radius 2 is 2.38 bits per heavy atom. The van der Waals surface area contributed by atoms with Crippen LogP contribution in [0.5, 0.6) is 0 Å². The molecule has 0 saturated carbocycles. The van der Waals surface area contributed by atoms with Gasteiger partial charge in [0, 0.05) is 17.2 Å². The van der Waals surface area contributed by atoms with Crippen molar-refractivity contribution in [3.05, 3.63) is 10.6 Å². The van der Waals surface area contributed by atoms with Crippen molar-refractivity contribution < 1.29 is 14.6 Å². The predicted octanol–water partition coefficient (Wildman–Crippen LogP) is 2.21. The summed E-state index contributed by atoms with van der Waals surface area (Å²) in [6.45, 7) is 5.24. The number of hydrogen-bond acceptors (Lipinski definition) is 5. The zero-order valence-corrected chi connectivity index (χ0v) is 11.0. The van der Waals surface area contributed by atoms with E-state index in [1.165, 1.54) is 11.3 Å². The second kappa shape index (κ2) is 6.88. The summed E-state index contributed by atoms with van der Waals surface area (Å²) in [6, 6.07) is 0. The van der Waals surface area contributed by atoms with Crippen LogP contribution in [0.1, 0.15) is 17.5 Å². The van der Waals surface area contributed by atoms with Crippen LogP contribution in [0, 0.1) is 6.92 Å². The highest BCUT2D eigenvalue weighted by molar-refractivity contribution is 8.01. The average Bonchev–Trinajstić information content (AvgIpc) is 2.54. The van der Waals surface area contributed by atoms with E-state index < -0.39 is 5.97 Å². The van der Waals surface area contributed by atoms with Gasteiger partial charge in [0.25, 0.3) is 0 Å². The Hall–Kier alpha value is -0.590. The monoisotopic (exact) mass is 261 g/mol. The largest absolute Gasteiger partial charge is 0.481 e. The summed E-state index contributed by atoms with van der Waals surface area (Å²) in [5.74, 6) is 0.0467. The van der Waals surface area contributed by atoms with Gasteiger partial charge in [-0.25, -0.2) is 4.98 Å². The van der Waals surface area contributed by atoms with Crippen molar-refractivity contribution in [3.63, 3.8) is 0 Å². The number of carboxylic acid groups (broad SMARTS) is 1. The van der Waals surface area contributed by atoms with Gasteiger partial charge in [-0.15, -0.1) is 11.3 Å². The molecule has 1 aromatic rings. The molecule has 0 aliphatic carbocycles. The normalized spacial score (nSPS) is 10.6. The Bertz CT molecular complexity index is 352. The molecule has 0 bridgehead atoms. The van der Waals surface area contributed by atoms with Crippen LogP contribution in [0.15, 0.2) is 4.34 Å². The van der Waals surface area contributed by atoms with Gasteiger partial charge in [0.15, 0.2) is 0 Å². The van der Waals surface area contributed by atoms with E-state index in [-0.39, 0.29) is 6.42 Å². The van der Waals surface area contributed by atoms with Crippen molar-refractivity contribution in [1.82, 2.24) is 4.98 Å². The molecule has 0 atom stereocenters. The molecule has 0 aromatic carbocycles. The van der Waals surface area contributed by atoms with Gasteiger partial charge in [-0.2, -0.15) is 0 Å². The van der Waals surface area contributed by atoms with Crippen LogP contribution in [0.3, 0.4) is 0 Å². The van der Waals surface area contributed by atoms with E-state index in [4.69, 9.17) is 9.84 Å². The zero-order valence-electron chi connectivity index (χ0n) is 9.36. The first-order valence-corrected chi connectivity index (χ1v) is 6.82. The fourth-order valence-corrected chi connectivity index (χ4v) is 3.24. The topological polar surface area (TPSA) is 59.4 Å². The number of carbonyl (C=O) groups is 1. The van der Waals surface area contributed by atoms with E-state index in [2.05, 4.69) is 4.98 Å². The molecule has 0 spiro atoms. The Kier molecular flexibility index (Phi) is 5.79. The van der Waals surface area contributed by atoms with Crippen molar-refractivity contribution in [2.24, 2.45) is 0 Å². The van der Waals surface area contributed by atoms with Crippen LogP contribution in [0.25, 0.3) is 0 Å². The molecule has 1 aromatic heterocycles. The molecule has 0 aliphatic heterocycles. The highest BCUT2D eigenvalue weighted by Crippen LogP contribution is 2.27. The fraction of sp³-hybridized carbons (Fsp3) is 0.600. The molecule has 16 heavy (non-hydrogen) atoms. The first-order valence-electron chi connectivity index (χ1n) is 5.02. The number of nitrogens with zero attached hydrogens (tertiary/aromatic N) is 1. The van der Waals surface area contributed by atoms with Gasteiger partial charge in [-0.3, -0.25) is 4.79 Å². The molecule has 0 radical (unpaired) electrons. The number of rotatable bonds is 7. The lowest BCUT2D eigenvalue weighted by molar-refractivity contribution is -0.136. The highest BCUT2D eigenvalue weighted by atomic mass is 32.2. The van der Waals surface area contributed by atoms with E-state index in [1.54, 1.807) is 11.8 Å². The van der Waals surface area contributed by atoms with Gasteiger partial charge in [-0.1, -0.05) is 11.8 Å². The minimum Gasteiger partial charge on any atom is -0.481 e. The van der Waals surface area contributed by atoms with Crippen molar-refractivity contribution in [2.75, 3.05) is 19.0 Å². The van der Waals surface area contributed by atoms with Crippen molar-refractivity contribution in [1.29, 1.82) is 0 Å². The molecule has 0 aliphatic rings. The van der Waals surface area contributed by atoms with Crippen LogP contribution in [-0.2, 0) is 16.0 Å². The summed E-state index contributed by atoms with van der Waals surface area (Å²) in [6.07, 6.45) is 0.0650. The molecule has 0 fully saturated rings. The smallest absolute Gasteiger partial charge is 0.308 e. The molecule has 0 saturated heterocycles. The molecule has 0 unspecified atom stereocenters. The van der Waals surface area contributed by atoms with Gasteiger partial charge >= 0.3 is 5.97 Å². The summed E-state index contributed by atoms with van der Waals surface area (Å²) < 4.78 is 6.14. The fourth-order valence-electron chi connectivity index (χ4n) is 1.10. The minimum absolute atomic E-state index is 0.0650. The Balaban J connectivity index is 2.45. The van der Waals surface area contributed by atoms with Crippen molar-refractivity contribution >= 4 is 29.1 Å². The summed E-state index contributed by atoms with van der Waals surface area (Å²) in [4.78, 5) is 15.7. The second-order valence-electron chi connectivity index (χ2n) is 3.10. The van der Waals surface area contributed by atoms with Crippen molar-refractivity contribution in [3.8, 4) is 0 Å². The number of aromatic nitrogens is 1. The molecule has 6 heteroatoms. The van der Waals surface area contributed by atoms with Gasteiger partial charge < -0.3 is 9.84 Å². The third-order valence-electron chi connectivity index (χ3n) is 1.84. The number of thioether (sulfide) groups is 1. The summed E-state index contributed by atoms with van der Waals surface area (Å²) in [5, 5.41) is 8.70. The maximum absolute atomic E-state index is 10.6. The first-order chi connectivity index (χ1) is 7.63. The summed E-state index contributed by atoms with van der Waals surface area (Å²) in [7, 11) is 0. The predicted molar refractivity (Wildman–Crippen MR) is 65.4 cm³/mol. The van der Waals surface area contributed by atoms with Crippen molar-refractivity contribution in [2.45, 2.75) is 24.6 Å². The zero-order chi connectivity index (χ0) is 12.0. The highest BCUT2D eigenvalue weighted by Gasteiger charge is 2.10. The molecule has 1 N–H and O–H groups in total. The first kappa shape index (κ1) is 13.5. The number of aryl methyl sites for hydroxylation is 1. The molecular weight excluding hydrogens is 246 g/mol. The number of ether oxygens (including phenoxy) is 1. The molecule has 0 amide bonds.